The fraction of sp³-hybridized carbons (Fsp3) is 0.158. The van der Waals surface area contributed by atoms with Crippen molar-refractivity contribution in [3.8, 4) is 5.75 Å². The smallest absolute Gasteiger partial charge is 0.282 e. The van der Waals surface area contributed by atoms with Crippen molar-refractivity contribution in [2.24, 2.45) is 0 Å². The molecule has 3 rings (SSSR count). The monoisotopic (exact) mass is 400 g/mol. The molecule has 2 aromatic carbocycles. The summed E-state index contributed by atoms with van der Waals surface area (Å²) in [6.45, 7) is 3.84. The first kappa shape index (κ1) is 17.2. The van der Waals surface area contributed by atoms with Gasteiger partial charge < -0.3 is 4.74 Å². The van der Waals surface area contributed by atoms with Gasteiger partial charge in [-0.1, -0.05) is 34.1 Å². The highest BCUT2D eigenvalue weighted by Crippen LogP contribution is 2.28. The molecule has 0 unspecified atom stereocenters. The number of ether oxygens (including phenoxy) is 1. The Morgan fingerprint density at radius 1 is 1.12 bits per heavy atom. The van der Waals surface area contributed by atoms with Gasteiger partial charge >= 0.3 is 0 Å². The van der Waals surface area contributed by atoms with E-state index in [0.29, 0.717) is 17.0 Å². The van der Waals surface area contributed by atoms with Gasteiger partial charge in [-0.15, -0.1) is 0 Å². The van der Waals surface area contributed by atoms with E-state index in [1.165, 1.54) is 5.01 Å². The summed E-state index contributed by atoms with van der Waals surface area (Å²) < 4.78 is 6.61. The van der Waals surface area contributed by atoms with Gasteiger partial charge in [0.15, 0.2) is 0 Å². The van der Waals surface area contributed by atoms with E-state index < -0.39 is 11.8 Å². The predicted octanol–water partition coefficient (Wildman–Crippen LogP) is 3.70. The number of amides is 2. The van der Waals surface area contributed by atoms with Crippen LogP contribution in [0, 0.1) is 0 Å². The zero-order chi connectivity index (χ0) is 18.0. The van der Waals surface area contributed by atoms with Gasteiger partial charge in [0.2, 0.25) is 0 Å². The van der Waals surface area contributed by atoms with Crippen molar-refractivity contribution in [2.75, 3.05) is 5.01 Å². The van der Waals surface area contributed by atoms with Crippen LogP contribution in [0.1, 0.15) is 19.4 Å². The van der Waals surface area contributed by atoms with Crippen LogP contribution >= 0.6 is 15.9 Å². The molecule has 0 bridgehead atoms. The minimum Gasteiger partial charge on any atom is -0.490 e. The van der Waals surface area contributed by atoms with Crippen molar-refractivity contribution in [3.05, 3.63) is 64.1 Å². The van der Waals surface area contributed by atoms with Crippen LogP contribution in [0.3, 0.4) is 0 Å². The molecule has 0 aromatic heterocycles. The first-order chi connectivity index (χ1) is 12.0. The highest BCUT2D eigenvalue weighted by atomic mass is 79.9. The summed E-state index contributed by atoms with van der Waals surface area (Å²) in [6, 6.07) is 14.4. The van der Waals surface area contributed by atoms with Crippen molar-refractivity contribution in [1.29, 1.82) is 0 Å². The molecule has 1 aliphatic heterocycles. The molecule has 1 aliphatic rings. The van der Waals surface area contributed by atoms with Gasteiger partial charge in [0.25, 0.3) is 11.8 Å². The van der Waals surface area contributed by atoms with Crippen molar-refractivity contribution in [3.63, 3.8) is 0 Å². The van der Waals surface area contributed by atoms with Gasteiger partial charge in [0.1, 0.15) is 11.3 Å². The lowest BCUT2D eigenvalue weighted by Gasteiger charge is -2.14. The summed E-state index contributed by atoms with van der Waals surface area (Å²) in [5.74, 6) is -0.222. The van der Waals surface area contributed by atoms with E-state index in [-0.39, 0.29) is 11.7 Å². The quantitative estimate of drug-likeness (QED) is 0.628. The minimum absolute atomic E-state index is 0.0211. The summed E-state index contributed by atoms with van der Waals surface area (Å²) in [4.78, 5) is 25.0. The molecule has 25 heavy (non-hydrogen) atoms. The third-order valence-electron chi connectivity index (χ3n) is 3.54. The molecule has 128 valence electrons. The number of nitrogens with zero attached hydrogens (tertiary/aromatic N) is 1. The van der Waals surface area contributed by atoms with Crippen LogP contribution in [0.5, 0.6) is 5.75 Å². The fourth-order valence-electron chi connectivity index (χ4n) is 2.47. The van der Waals surface area contributed by atoms with Gasteiger partial charge in [0, 0.05) is 10.0 Å². The Balaban J connectivity index is 1.98. The number of anilines is 1. The SMILES string of the molecule is CC(C)Oc1ccc(Br)cc1C=C1C(=O)NN(c2ccccc2)C1=O. The van der Waals surface area contributed by atoms with Crippen LogP contribution in [0.4, 0.5) is 5.69 Å². The Bertz CT molecular complexity index is 847. The zero-order valence-electron chi connectivity index (χ0n) is 13.8. The summed E-state index contributed by atoms with van der Waals surface area (Å²) in [5, 5.41) is 1.25. The second-order valence-corrected chi connectivity index (χ2v) is 6.74. The lowest BCUT2D eigenvalue weighted by Crippen LogP contribution is -2.35. The molecular formula is C19H17BrN2O3. The van der Waals surface area contributed by atoms with E-state index in [4.69, 9.17) is 4.74 Å². The lowest BCUT2D eigenvalue weighted by atomic mass is 10.1. The maximum absolute atomic E-state index is 12.7. The summed E-state index contributed by atoms with van der Waals surface area (Å²) in [5.41, 5.74) is 3.93. The predicted molar refractivity (Wildman–Crippen MR) is 100.0 cm³/mol. The topological polar surface area (TPSA) is 58.6 Å². The molecule has 6 heteroatoms. The Morgan fingerprint density at radius 2 is 1.84 bits per heavy atom. The van der Waals surface area contributed by atoms with E-state index in [1.54, 1.807) is 30.3 Å². The standard InChI is InChI=1S/C19H17BrN2O3/c1-12(2)25-17-9-8-14(20)10-13(17)11-16-18(23)21-22(19(16)24)15-6-4-3-5-7-15/h3-12H,1-2H3,(H,21,23). The Kier molecular flexibility index (Phi) is 4.90. The summed E-state index contributed by atoms with van der Waals surface area (Å²) in [7, 11) is 0. The molecule has 0 saturated carbocycles. The molecule has 2 aromatic rings. The Morgan fingerprint density at radius 3 is 2.52 bits per heavy atom. The molecule has 5 nitrogen and oxygen atoms in total. The molecule has 2 amide bonds. The van der Waals surface area contributed by atoms with Crippen LogP contribution < -0.4 is 15.2 Å². The number of para-hydroxylation sites is 1. The molecule has 0 aliphatic carbocycles. The number of carbonyl (C=O) groups is 2. The fourth-order valence-corrected chi connectivity index (χ4v) is 2.84. The molecule has 0 radical (unpaired) electrons. The van der Waals surface area contributed by atoms with Gasteiger partial charge in [0.05, 0.1) is 11.8 Å². The maximum Gasteiger partial charge on any atom is 0.282 e. The minimum atomic E-state index is -0.440. The number of rotatable bonds is 4. The van der Waals surface area contributed by atoms with E-state index >= 15 is 0 Å². The van der Waals surface area contributed by atoms with Crippen LogP contribution in [0.25, 0.3) is 6.08 Å². The van der Waals surface area contributed by atoms with Crippen molar-refractivity contribution in [2.45, 2.75) is 20.0 Å². The van der Waals surface area contributed by atoms with Crippen molar-refractivity contribution in [1.82, 2.24) is 5.43 Å². The second kappa shape index (κ2) is 7.11. The normalized spacial score (nSPS) is 15.8. The van der Waals surface area contributed by atoms with E-state index in [1.807, 2.05) is 38.1 Å². The molecule has 0 atom stereocenters. The number of carbonyl (C=O) groups excluding carboxylic acids is 2. The van der Waals surface area contributed by atoms with Crippen LogP contribution in [-0.2, 0) is 9.59 Å². The van der Waals surface area contributed by atoms with Crippen molar-refractivity contribution < 1.29 is 14.3 Å². The Labute approximate surface area is 154 Å². The average molecular weight is 401 g/mol. The number of hydrogen-bond donors (Lipinski definition) is 1. The highest BCUT2D eigenvalue weighted by Gasteiger charge is 2.34. The van der Waals surface area contributed by atoms with Gasteiger partial charge in [-0.2, -0.15) is 0 Å². The average Bonchev–Trinajstić information content (AvgIpc) is 2.86. The van der Waals surface area contributed by atoms with Gasteiger partial charge in [-0.25, -0.2) is 5.01 Å². The number of nitrogens with one attached hydrogen (secondary N) is 1. The van der Waals surface area contributed by atoms with E-state index in [0.717, 1.165) is 4.47 Å². The lowest BCUT2D eigenvalue weighted by molar-refractivity contribution is -0.117. The van der Waals surface area contributed by atoms with E-state index in [2.05, 4.69) is 21.4 Å². The molecule has 1 heterocycles. The highest BCUT2D eigenvalue weighted by molar-refractivity contribution is 9.10. The summed E-state index contributed by atoms with van der Waals surface area (Å²) in [6.07, 6.45) is 1.54. The number of benzene rings is 2. The first-order valence-corrected chi connectivity index (χ1v) is 8.63. The first-order valence-electron chi connectivity index (χ1n) is 7.84. The van der Waals surface area contributed by atoms with E-state index in [9.17, 15) is 9.59 Å². The summed E-state index contributed by atoms with van der Waals surface area (Å²) >= 11 is 3.41. The third kappa shape index (κ3) is 3.74. The zero-order valence-corrected chi connectivity index (χ0v) is 15.4. The van der Waals surface area contributed by atoms with Crippen LogP contribution in [0.15, 0.2) is 58.6 Å². The molecule has 1 fully saturated rings. The second-order valence-electron chi connectivity index (χ2n) is 5.82. The number of hydrazine groups is 1. The molecular weight excluding hydrogens is 384 g/mol. The number of halogens is 1. The molecule has 1 saturated heterocycles. The molecule has 0 spiro atoms. The Hall–Kier alpha value is -2.60. The third-order valence-corrected chi connectivity index (χ3v) is 4.03. The number of hydrogen-bond acceptors (Lipinski definition) is 3. The van der Waals surface area contributed by atoms with Gasteiger partial charge in [-0.05, 0) is 50.3 Å². The van der Waals surface area contributed by atoms with Crippen molar-refractivity contribution >= 4 is 39.5 Å². The van der Waals surface area contributed by atoms with Crippen LogP contribution in [-0.4, -0.2) is 17.9 Å². The maximum atomic E-state index is 12.7. The van der Waals surface area contributed by atoms with Gasteiger partial charge in [-0.3, -0.25) is 15.0 Å². The largest absolute Gasteiger partial charge is 0.490 e. The molecule has 1 N–H and O–H groups in total. The van der Waals surface area contributed by atoms with Crippen LogP contribution in [0.2, 0.25) is 0 Å².